The summed E-state index contributed by atoms with van der Waals surface area (Å²) in [6.45, 7) is 8.20. The molecule has 1 aliphatic heterocycles. The molecule has 0 bridgehead atoms. The smallest absolute Gasteiger partial charge is 0.397 e. The molecule has 362 valence electrons. The van der Waals surface area contributed by atoms with Gasteiger partial charge in [-0.3, -0.25) is 0 Å². The molecule has 4 aromatic heterocycles. The van der Waals surface area contributed by atoms with Gasteiger partial charge in [0.2, 0.25) is 0 Å². The van der Waals surface area contributed by atoms with Crippen molar-refractivity contribution in [2.24, 2.45) is 0 Å². The van der Waals surface area contributed by atoms with Gasteiger partial charge in [-0.15, -0.1) is 22.7 Å². The van der Waals surface area contributed by atoms with Crippen LogP contribution < -0.4 is 5.72 Å². The fraction of sp³-hybridized carbons (Fsp3) is 0.0968. The lowest BCUT2D eigenvalue weighted by molar-refractivity contribution is 0.00578. The molecule has 8 aromatic carbocycles. The number of halogens is 3. The molecule has 12 aromatic rings. The summed E-state index contributed by atoms with van der Waals surface area (Å²) in [6.07, 6.45) is 0. The van der Waals surface area contributed by atoms with E-state index in [2.05, 4.69) is 252 Å². The highest BCUT2D eigenvalue weighted by Gasteiger charge is 2.53. The van der Waals surface area contributed by atoms with Gasteiger partial charge in [-0.1, -0.05) is 196 Å². The van der Waals surface area contributed by atoms with Gasteiger partial charge in [0.05, 0.1) is 43.0 Å². The van der Waals surface area contributed by atoms with E-state index in [1.807, 2.05) is 36.4 Å². The maximum atomic E-state index is 6.31. The quantitative estimate of drug-likeness (QED) is 0.122. The minimum atomic E-state index is -0.615. The maximum Gasteiger partial charge on any atom is 0.534 e. The van der Waals surface area contributed by atoms with E-state index in [0.29, 0.717) is 5.72 Å². The van der Waals surface area contributed by atoms with Crippen LogP contribution in [0, 0.1) is 3.57 Å². The van der Waals surface area contributed by atoms with Crippen molar-refractivity contribution in [1.82, 2.24) is 19.9 Å². The van der Waals surface area contributed by atoms with Crippen LogP contribution in [0.25, 0.3) is 96.8 Å². The van der Waals surface area contributed by atoms with Crippen molar-refractivity contribution in [2.45, 2.75) is 38.9 Å². The monoisotopic (exact) mass is 1240 g/mol. The van der Waals surface area contributed by atoms with E-state index in [1.54, 1.807) is 22.7 Å². The minimum Gasteiger partial charge on any atom is -0.397 e. The molecule has 1 aliphatic rings. The van der Waals surface area contributed by atoms with E-state index in [-0.39, 0.29) is 0 Å². The third kappa shape index (κ3) is 10.5. The number of thiophene rings is 2. The van der Waals surface area contributed by atoms with Gasteiger partial charge in [-0.2, -0.15) is 0 Å². The fourth-order valence-corrected chi connectivity index (χ4v) is 12.8. The third-order valence-electron chi connectivity index (χ3n) is 13.3. The van der Waals surface area contributed by atoms with Gasteiger partial charge >= 0.3 is 7.12 Å². The average Bonchev–Trinajstić information content (AvgIpc) is 4.07. The summed E-state index contributed by atoms with van der Waals surface area (Å²) >= 11 is 12.7. The van der Waals surface area contributed by atoms with Crippen LogP contribution in [0.5, 0.6) is 0 Å². The Kier molecular flexibility index (Phi) is 14.5. The second-order valence-electron chi connectivity index (χ2n) is 18.8. The summed E-state index contributed by atoms with van der Waals surface area (Å²) in [5, 5.41) is 2.30. The fourth-order valence-electron chi connectivity index (χ4n) is 8.76. The highest BCUT2D eigenvalue weighted by atomic mass is 127. The molecular formula is C62H46BBr2IN4O2S2. The van der Waals surface area contributed by atoms with Crippen LogP contribution in [0.4, 0.5) is 0 Å². The molecule has 0 saturated carbocycles. The lowest BCUT2D eigenvalue weighted by Gasteiger charge is -2.32. The van der Waals surface area contributed by atoms with Gasteiger partial charge in [-0.25, -0.2) is 19.9 Å². The average molecular weight is 1240 g/mol. The van der Waals surface area contributed by atoms with Crippen LogP contribution in [-0.2, 0) is 9.31 Å². The van der Waals surface area contributed by atoms with Crippen molar-refractivity contribution in [3.05, 3.63) is 219 Å². The second-order valence-corrected chi connectivity index (χ2v) is 24.0. The minimum absolute atomic E-state index is 0.454. The standard InChI is InChI=1S/C28H25BN2O2S.C28H17BrN2S.C6H4BrI/c1-27(2)28(3,4)33-29(32-27)26-30-23(25-24(31-26)21-12-8-9-13-22(21)34-25)20-16-14-19(15-17-20)18-10-6-5-7-11-18;29-22-10-6-9-21(17-22)28-30-25(27-26(31-28)23-11-4-5-12-24(23)32-27)20-15-13-19(14-16-20)18-7-2-1-3-8-18;7-5-2-1-3-6(8)4-5/h5-17H,1-4H3;1-17H;1-4H. The van der Waals surface area contributed by atoms with Crippen LogP contribution in [0.3, 0.4) is 0 Å². The highest BCUT2D eigenvalue weighted by molar-refractivity contribution is 14.1. The van der Waals surface area contributed by atoms with Crippen molar-refractivity contribution < 1.29 is 9.31 Å². The Morgan fingerprint density at radius 2 is 0.838 bits per heavy atom. The molecular weight excluding hydrogens is 1190 g/mol. The predicted molar refractivity (Wildman–Crippen MR) is 327 cm³/mol. The number of fused-ring (bicyclic) bond motifs is 6. The van der Waals surface area contributed by atoms with Crippen molar-refractivity contribution in [2.75, 3.05) is 0 Å². The van der Waals surface area contributed by atoms with Gasteiger partial charge in [-0.05, 0) is 115 Å². The number of hydrogen-bond acceptors (Lipinski definition) is 8. The zero-order chi connectivity index (χ0) is 51.0. The number of aromatic nitrogens is 4. The largest absolute Gasteiger partial charge is 0.534 e. The zero-order valence-corrected chi connectivity index (χ0v) is 47.7. The molecule has 0 spiro atoms. The number of rotatable bonds is 6. The topological polar surface area (TPSA) is 70.0 Å². The zero-order valence-electron chi connectivity index (χ0n) is 40.8. The molecule has 0 unspecified atom stereocenters. The summed E-state index contributed by atoms with van der Waals surface area (Å²) in [5.74, 6) is 0.740. The second kappa shape index (κ2) is 21.3. The Hall–Kier alpha value is -5.97. The van der Waals surface area contributed by atoms with E-state index in [9.17, 15) is 0 Å². The summed E-state index contributed by atoms with van der Waals surface area (Å²) in [7, 11) is -0.615. The first-order valence-electron chi connectivity index (χ1n) is 24.1. The van der Waals surface area contributed by atoms with E-state index in [4.69, 9.17) is 29.2 Å². The van der Waals surface area contributed by atoms with Gasteiger partial charge in [0, 0.05) is 49.4 Å². The van der Waals surface area contributed by atoms with Gasteiger partial charge in [0.15, 0.2) is 11.5 Å². The van der Waals surface area contributed by atoms with Gasteiger partial charge in [0.1, 0.15) is 0 Å². The molecule has 0 atom stereocenters. The molecule has 0 aliphatic carbocycles. The Bertz CT molecular complexity index is 3930. The van der Waals surface area contributed by atoms with Gasteiger partial charge < -0.3 is 9.31 Å². The van der Waals surface area contributed by atoms with Crippen LogP contribution in [0.2, 0.25) is 0 Å². The molecule has 0 radical (unpaired) electrons. The highest BCUT2D eigenvalue weighted by Crippen LogP contribution is 2.42. The van der Waals surface area contributed by atoms with Crippen molar-refractivity contribution in [1.29, 1.82) is 0 Å². The Labute approximate surface area is 469 Å². The number of benzene rings is 8. The Morgan fingerprint density at radius 1 is 0.419 bits per heavy atom. The first kappa shape index (κ1) is 50.2. The van der Waals surface area contributed by atoms with Crippen molar-refractivity contribution in [3.8, 4) is 56.2 Å². The van der Waals surface area contributed by atoms with E-state index in [1.165, 1.54) is 40.6 Å². The van der Waals surface area contributed by atoms with Crippen molar-refractivity contribution >= 4 is 131 Å². The molecule has 1 fully saturated rings. The first-order chi connectivity index (χ1) is 35.9. The van der Waals surface area contributed by atoms with E-state index in [0.717, 1.165) is 68.7 Å². The predicted octanol–water partition coefficient (Wildman–Crippen LogP) is 18.1. The van der Waals surface area contributed by atoms with E-state index >= 15 is 0 Å². The normalized spacial score (nSPS) is 13.7. The summed E-state index contributed by atoms with van der Waals surface area (Å²) in [5.41, 5.74) is 11.4. The van der Waals surface area contributed by atoms with Crippen LogP contribution >= 0.6 is 77.1 Å². The Morgan fingerprint density at radius 3 is 1.32 bits per heavy atom. The molecule has 12 heteroatoms. The van der Waals surface area contributed by atoms with Crippen LogP contribution in [0.15, 0.2) is 215 Å². The van der Waals surface area contributed by atoms with Crippen LogP contribution in [-0.4, -0.2) is 38.3 Å². The molecule has 13 rings (SSSR count). The summed E-state index contributed by atoms with van der Waals surface area (Å²) in [6, 6.07) is 71.3. The molecule has 0 N–H and O–H groups in total. The number of nitrogens with zero attached hydrogens (tertiary/aromatic N) is 4. The SMILES string of the molecule is Brc1cccc(-c2nc(-c3ccc(-c4ccccc4)cc3)c3sc4ccccc4c3n2)c1.Brc1cccc(I)c1.CC1(C)OB(c2nc(-c3ccc(-c4ccccc4)cc3)c3sc4ccccc4c3n2)OC1(C)C. The number of hydrogen-bond donors (Lipinski definition) is 0. The summed E-state index contributed by atoms with van der Waals surface area (Å²) < 4.78 is 20.7. The molecule has 5 heterocycles. The molecule has 6 nitrogen and oxygen atoms in total. The molecule has 1 saturated heterocycles. The lowest BCUT2D eigenvalue weighted by atomic mass is 9.88. The van der Waals surface area contributed by atoms with Crippen molar-refractivity contribution in [3.63, 3.8) is 0 Å². The Balaban J connectivity index is 0.000000138. The molecule has 0 amide bonds. The first-order valence-corrected chi connectivity index (χ1v) is 28.4. The molecule has 74 heavy (non-hydrogen) atoms. The van der Waals surface area contributed by atoms with E-state index < -0.39 is 18.3 Å². The maximum absolute atomic E-state index is 6.31. The van der Waals surface area contributed by atoms with Gasteiger partial charge in [0.25, 0.3) is 0 Å². The third-order valence-corrected chi connectivity index (χ3v) is 17.3. The van der Waals surface area contributed by atoms with Crippen LogP contribution in [0.1, 0.15) is 27.7 Å². The lowest BCUT2D eigenvalue weighted by Crippen LogP contribution is -2.41. The summed E-state index contributed by atoms with van der Waals surface area (Å²) in [4.78, 5) is 20.1.